The molecule has 3 nitrogen and oxygen atoms in total. The minimum absolute atomic E-state index is 0.0326. The van der Waals surface area contributed by atoms with Crippen LogP contribution in [0.25, 0.3) is 0 Å². The van der Waals surface area contributed by atoms with Gasteiger partial charge in [-0.3, -0.25) is 0 Å². The average molecular weight is 213 g/mol. The Kier molecular flexibility index (Phi) is 4.10. The first-order valence-corrected chi connectivity index (χ1v) is 6.08. The third-order valence-electron chi connectivity index (χ3n) is 1.75. The van der Waals surface area contributed by atoms with Gasteiger partial charge in [0.25, 0.3) is 0 Å². The van der Waals surface area contributed by atoms with E-state index in [9.17, 15) is 8.42 Å². The summed E-state index contributed by atoms with van der Waals surface area (Å²) in [4.78, 5) is 0.330. The van der Waals surface area contributed by atoms with Crippen molar-refractivity contribution in [3.63, 3.8) is 0 Å². The van der Waals surface area contributed by atoms with Crippen molar-refractivity contribution in [1.82, 2.24) is 0 Å². The summed E-state index contributed by atoms with van der Waals surface area (Å²) in [7, 11) is -3.18. The summed E-state index contributed by atoms with van der Waals surface area (Å²) in [6, 6.07) is 9.04. The van der Waals surface area contributed by atoms with Crippen molar-refractivity contribution in [2.24, 2.45) is 0 Å². The van der Waals surface area contributed by atoms with Crippen molar-refractivity contribution in [2.45, 2.75) is 11.8 Å². The van der Waals surface area contributed by atoms with Crippen LogP contribution in [0.4, 0.5) is 0 Å². The van der Waals surface area contributed by atoms with Gasteiger partial charge in [0, 0.05) is 6.61 Å². The predicted octanol–water partition coefficient (Wildman–Crippen LogP) is 1.30. The summed E-state index contributed by atoms with van der Waals surface area (Å²) in [5.74, 6) is 0.0326. The molecule has 0 N–H and O–H groups in total. The first-order valence-electron chi connectivity index (χ1n) is 4.43. The van der Waals surface area contributed by atoms with Gasteiger partial charge in [0.1, 0.15) is 0 Å². The highest BCUT2D eigenvalue weighted by atomic mass is 32.2. The molecule has 0 heterocycles. The Morgan fingerprint density at radius 3 is 2.57 bits per heavy atom. The molecule has 0 saturated carbocycles. The van der Waals surface area contributed by atoms with Gasteiger partial charge in [0.15, 0.2) is 9.84 Å². The zero-order valence-corrected chi connectivity index (χ0v) is 8.88. The van der Waals surface area contributed by atoms with Crippen LogP contribution in [0.1, 0.15) is 6.92 Å². The summed E-state index contributed by atoms with van der Waals surface area (Å²) in [6.07, 6.45) is 0. The van der Waals surface area contributed by atoms with Crippen LogP contribution in [0.5, 0.6) is 0 Å². The fraction of sp³-hybridized carbons (Fsp3) is 0.400. The number of benzene rings is 1. The monoisotopic (exact) mass is 213 g/mol. The van der Waals surface area contributed by atoms with Gasteiger partial charge in [-0.25, -0.2) is 8.42 Å². The normalized spacial score (nSPS) is 11.5. The van der Waals surface area contributed by atoms with Crippen LogP contribution in [0.3, 0.4) is 0 Å². The lowest BCUT2D eigenvalue weighted by Gasteiger charge is -2.03. The molecule has 0 atom stereocenters. The fourth-order valence-electron chi connectivity index (χ4n) is 1.01. The minimum atomic E-state index is -3.18. The molecular formula is C10H13O3S. The first kappa shape index (κ1) is 11.2. The zero-order chi connectivity index (χ0) is 10.4. The number of hydrogen-bond acceptors (Lipinski definition) is 3. The number of ether oxygens (including phenoxy) is 1. The number of rotatable bonds is 5. The van der Waals surface area contributed by atoms with E-state index in [2.05, 4.69) is 6.07 Å². The second kappa shape index (κ2) is 5.12. The predicted molar refractivity (Wildman–Crippen MR) is 53.8 cm³/mol. The molecule has 1 aromatic rings. The Labute approximate surface area is 84.6 Å². The van der Waals surface area contributed by atoms with E-state index < -0.39 is 9.84 Å². The van der Waals surface area contributed by atoms with Crippen LogP contribution in [-0.2, 0) is 14.6 Å². The SMILES string of the molecule is CCOCCS(=O)(=O)c1cc[c]cc1. The molecule has 0 fully saturated rings. The van der Waals surface area contributed by atoms with E-state index in [0.717, 1.165) is 0 Å². The molecule has 0 spiro atoms. The van der Waals surface area contributed by atoms with Crippen molar-refractivity contribution < 1.29 is 13.2 Å². The topological polar surface area (TPSA) is 43.4 Å². The maximum atomic E-state index is 11.6. The van der Waals surface area contributed by atoms with Crippen molar-refractivity contribution in [3.05, 3.63) is 30.3 Å². The van der Waals surface area contributed by atoms with E-state index >= 15 is 0 Å². The quantitative estimate of drug-likeness (QED) is 0.692. The van der Waals surface area contributed by atoms with Crippen molar-refractivity contribution in [2.75, 3.05) is 19.0 Å². The molecule has 0 aliphatic heterocycles. The molecule has 1 rings (SSSR count). The van der Waals surface area contributed by atoms with Crippen LogP contribution < -0.4 is 0 Å². The van der Waals surface area contributed by atoms with Gasteiger partial charge in [0.2, 0.25) is 0 Å². The molecule has 4 heteroatoms. The smallest absolute Gasteiger partial charge is 0.180 e. The van der Waals surface area contributed by atoms with Gasteiger partial charge in [-0.1, -0.05) is 12.1 Å². The molecule has 1 radical (unpaired) electrons. The maximum absolute atomic E-state index is 11.6. The van der Waals surface area contributed by atoms with Gasteiger partial charge in [-0.05, 0) is 25.1 Å². The Balaban J connectivity index is 2.67. The van der Waals surface area contributed by atoms with Gasteiger partial charge < -0.3 is 4.74 Å². The molecule has 1 aromatic carbocycles. The minimum Gasteiger partial charge on any atom is -0.381 e. The molecule has 0 aliphatic carbocycles. The lowest BCUT2D eigenvalue weighted by molar-refractivity contribution is 0.163. The third-order valence-corrected chi connectivity index (χ3v) is 3.44. The highest BCUT2D eigenvalue weighted by molar-refractivity contribution is 7.91. The molecule has 0 bridgehead atoms. The van der Waals surface area contributed by atoms with Gasteiger partial charge >= 0.3 is 0 Å². The lowest BCUT2D eigenvalue weighted by Crippen LogP contribution is -2.12. The Morgan fingerprint density at radius 1 is 1.36 bits per heavy atom. The van der Waals surface area contributed by atoms with Crippen molar-refractivity contribution >= 4 is 9.84 Å². The van der Waals surface area contributed by atoms with E-state index in [1.807, 2.05) is 6.92 Å². The van der Waals surface area contributed by atoms with Crippen LogP contribution >= 0.6 is 0 Å². The Hall–Kier alpha value is -0.870. The second-order valence-electron chi connectivity index (χ2n) is 2.75. The summed E-state index contributed by atoms with van der Waals surface area (Å²) in [5, 5.41) is 0. The summed E-state index contributed by atoms with van der Waals surface area (Å²) in [6.45, 7) is 2.62. The number of sulfone groups is 1. The molecule has 77 valence electrons. The summed E-state index contributed by atoms with van der Waals surface area (Å²) >= 11 is 0. The van der Waals surface area contributed by atoms with E-state index in [1.54, 1.807) is 24.3 Å². The van der Waals surface area contributed by atoms with E-state index in [-0.39, 0.29) is 12.4 Å². The Morgan fingerprint density at radius 2 is 2.00 bits per heavy atom. The molecule has 0 aliphatic rings. The molecule has 14 heavy (non-hydrogen) atoms. The van der Waals surface area contributed by atoms with Crippen molar-refractivity contribution in [1.29, 1.82) is 0 Å². The highest BCUT2D eigenvalue weighted by Crippen LogP contribution is 2.09. The second-order valence-corrected chi connectivity index (χ2v) is 4.86. The van der Waals surface area contributed by atoms with E-state index in [4.69, 9.17) is 4.74 Å². The zero-order valence-electron chi connectivity index (χ0n) is 8.06. The Bertz CT molecular complexity index is 356. The molecule has 0 saturated heterocycles. The van der Waals surface area contributed by atoms with Crippen LogP contribution in [0.15, 0.2) is 29.2 Å². The highest BCUT2D eigenvalue weighted by Gasteiger charge is 2.12. The first-order chi connectivity index (χ1) is 6.67. The van der Waals surface area contributed by atoms with E-state index in [0.29, 0.717) is 11.5 Å². The van der Waals surface area contributed by atoms with Crippen LogP contribution in [-0.4, -0.2) is 27.4 Å². The van der Waals surface area contributed by atoms with Crippen LogP contribution in [0.2, 0.25) is 0 Å². The maximum Gasteiger partial charge on any atom is 0.180 e. The van der Waals surface area contributed by atoms with E-state index in [1.165, 1.54) is 0 Å². The summed E-state index contributed by atoms with van der Waals surface area (Å²) in [5.41, 5.74) is 0. The largest absolute Gasteiger partial charge is 0.381 e. The van der Waals surface area contributed by atoms with Crippen molar-refractivity contribution in [3.8, 4) is 0 Å². The fourth-order valence-corrected chi connectivity index (χ4v) is 2.13. The van der Waals surface area contributed by atoms with Gasteiger partial charge in [-0.2, -0.15) is 0 Å². The molecule has 0 aromatic heterocycles. The lowest BCUT2D eigenvalue weighted by atomic mass is 10.4. The molecular weight excluding hydrogens is 200 g/mol. The average Bonchev–Trinajstić information content (AvgIpc) is 2.19. The molecule has 0 amide bonds. The third kappa shape index (κ3) is 3.12. The van der Waals surface area contributed by atoms with Gasteiger partial charge in [-0.15, -0.1) is 0 Å². The van der Waals surface area contributed by atoms with Crippen LogP contribution in [0, 0.1) is 6.07 Å². The molecule has 0 unspecified atom stereocenters. The number of hydrogen-bond donors (Lipinski definition) is 0. The van der Waals surface area contributed by atoms with Gasteiger partial charge in [0.05, 0.1) is 17.3 Å². The standard InChI is InChI=1S/C10H13O3S/c1-2-13-8-9-14(11,12)10-6-4-3-5-7-10/h4-7H,2,8-9H2,1H3. The summed E-state index contributed by atoms with van der Waals surface area (Å²) < 4.78 is 28.2.